The van der Waals surface area contributed by atoms with Crippen molar-refractivity contribution >= 4 is 18.3 Å². The van der Waals surface area contributed by atoms with Crippen LogP contribution in [0.15, 0.2) is 34.9 Å². The van der Waals surface area contributed by atoms with E-state index in [-0.39, 0.29) is 18.3 Å². The molecule has 1 aromatic carbocycles. The molecule has 0 unspecified atom stereocenters. The van der Waals surface area contributed by atoms with Crippen LogP contribution in [0.5, 0.6) is 0 Å². The van der Waals surface area contributed by atoms with Gasteiger partial charge in [0.2, 0.25) is 0 Å². The number of benzene rings is 1. The molecular formula is C21H28ClN3O2. The van der Waals surface area contributed by atoms with Crippen molar-refractivity contribution in [2.75, 3.05) is 26.2 Å². The fourth-order valence-electron chi connectivity index (χ4n) is 4.46. The van der Waals surface area contributed by atoms with Crippen LogP contribution in [0.4, 0.5) is 0 Å². The first-order valence-corrected chi connectivity index (χ1v) is 9.75. The van der Waals surface area contributed by atoms with E-state index in [1.807, 2.05) is 42.2 Å². The number of amides is 1. The molecule has 0 aliphatic carbocycles. The van der Waals surface area contributed by atoms with Crippen molar-refractivity contribution in [1.82, 2.24) is 15.4 Å². The maximum atomic E-state index is 13.2. The zero-order chi connectivity index (χ0) is 17.9. The number of halogens is 1. The smallest absolute Gasteiger partial charge is 0.259 e. The molecule has 2 aliphatic rings. The SMILES string of the molecule is Cc1onc(-c2ccccc2)c1C(=O)N1CCC(C2CCNCC2)CC1.Cl. The predicted octanol–water partition coefficient (Wildman–Crippen LogP) is 3.92. The van der Waals surface area contributed by atoms with Crippen LogP contribution in [0.1, 0.15) is 41.8 Å². The molecule has 5 nitrogen and oxygen atoms in total. The zero-order valence-corrected chi connectivity index (χ0v) is 16.6. The number of carbonyl (C=O) groups is 1. The number of hydrogen-bond acceptors (Lipinski definition) is 4. The van der Waals surface area contributed by atoms with Gasteiger partial charge in [-0.3, -0.25) is 4.79 Å². The van der Waals surface area contributed by atoms with E-state index in [0.29, 0.717) is 17.0 Å². The van der Waals surface area contributed by atoms with E-state index in [9.17, 15) is 4.79 Å². The van der Waals surface area contributed by atoms with Gasteiger partial charge in [-0.1, -0.05) is 35.5 Å². The van der Waals surface area contributed by atoms with Gasteiger partial charge in [-0.25, -0.2) is 0 Å². The molecule has 2 aliphatic heterocycles. The van der Waals surface area contributed by atoms with Gasteiger partial charge < -0.3 is 14.7 Å². The summed E-state index contributed by atoms with van der Waals surface area (Å²) in [5.74, 6) is 2.25. The number of aromatic nitrogens is 1. The Balaban J connectivity index is 0.00000210. The van der Waals surface area contributed by atoms with E-state index in [1.165, 1.54) is 12.8 Å². The lowest BCUT2D eigenvalue weighted by molar-refractivity contribution is 0.0641. The van der Waals surface area contributed by atoms with Crippen molar-refractivity contribution in [3.8, 4) is 11.3 Å². The van der Waals surface area contributed by atoms with Crippen molar-refractivity contribution in [2.24, 2.45) is 11.8 Å². The summed E-state index contributed by atoms with van der Waals surface area (Å²) in [5, 5.41) is 7.61. The standard InChI is InChI=1S/C21H27N3O2.ClH/c1-15-19(20(23-26-15)18-5-3-2-4-6-18)21(25)24-13-9-17(10-14-24)16-7-11-22-12-8-16;/h2-6,16-17,22H,7-14H2,1H3;1H. The van der Waals surface area contributed by atoms with Crippen molar-refractivity contribution in [1.29, 1.82) is 0 Å². The van der Waals surface area contributed by atoms with Crippen molar-refractivity contribution in [3.63, 3.8) is 0 Å². The van der Waals surface area contributed by atoms with Gasteiger partial charge in [0.1, 0.15) is 17.0 Å². The zero-order valence-electron chi connectivity index (χ0n) is 15.8. The van der Waals surface area contributed by atoms with E-state index in [4.69, 9.17) is 4.52 Å². The van der Waals surface area contributed by atoms with Crippen molar-refractivity contribution < 1.29 is 9.32 Å². The summed E-state index contributed by atoms with van der Waals surface area (Å²) in [6, 6.07) is 9.81. The largest absolute Gasteiger partial charge is 0.360 e. The molecule has 3 heterocycles. The first kappa shape index (κ1) is 19.9. The Morgan fingerprint density at radius 2 is 1.70 bits per heavy atom. The lowest BCUT2D eigenvalue weighted by Gasteiger charge is -2.37. The Morgan fingerprint density at radius 3 is 2.37 bits per heavy atom. The Hall–Kier alpha value is -1.85. The third-order valence-corrected chi connectivity index (χ3v) is 6.00. The van der Waals surface area contributed by atoms with Gasteiger partial charge >= 0.3 is 0 Å². The van der Waals surface area contributed by atoms with Gasteiger partial charge in [-0.2, -0.15) is 0 Å². The summed E-state index contributed by atoms with van der Waals surface area (Å²) >= 11 is 0. The molecule has 1 amide bonds. The average molecular weight is 390 g/mol. The number of piperidine rings is 2. The number of nitrogens with zero attached hydrogens (tertiary/aromatic N) is 2. The molecule has 6 heteroatoms. The molecule has 2 saturated heterocycles. The van der Waals surface area contributed by atoms with Crippen LogP contribution in [0, 0.1) is 18.8 Å². The molecular weight excluding hydrogens is 362 g/mol. The third kappa shape index (κ3) is 4.19. The number of aryl methyl sites for hydroxylation is 1. The quantitative estimate of drug-likeness (QED) is 0.864. The number of nitrogens with one attached hydrogen (secondary N) is 1. The predicted molar refractivity (Wildman–Crippen MR) is 108 cm³/mol. The maximum Gasteiger partial charge on any atom is 0.259 e. The minimum atomic E-state index is 0. The molecule has 146 valence electrons. The molecule has 2 aromatic rings. The second kappa shape index (κ2) is 8.89. The van der Waals surface area contributed by atoms with E-state index >= 15 is 0 Å². The van der Waals surface area contributed by atoms with E-state index in [0.717, 1.165) is 56.4 Å². The third-order valence-electron chi connectivity index (χ3n) is 6.00. The molecule has 0 radical (unpaired) electrons. The number of carbonyl (C=O) groups excluding carboxylic acids is 1. The Kier molecular flexibility index (Phi) is 6.55. The highest BCUT2D eigenvalue weighted by Gasteiger charge is 2.32. The van der Waals surface area contributed by atoms with Crippen LogP contribution < -0.4 is 5.32 Å². The fraction of sp³-hybridized carbons (Fsp3) is 0.524. The summed E-state index contributed by atoms with van der Waals surface area (Å²) in [6.07, 6.45) is 4.78. The Bertz CT molecular complexity index is 748. The monoisotopic (exact) mass is 389 g/mol. The second-order valence-electron chi connectivity index (χ2n) is 7.55. The van der Waals surface area contributed by atoms with Gasteiger partial charge in [0.25, 0.3) is 5.91 Å². The average Bonchev–Trinajstić information content (AvgIpc) is 3.10. The topological polar surface area (TPSA) is 58.4 Å². The van der Waals surface area contributed by atoms with Crippen LogP contribution in [0.3, 0.4) is 0 Å². The molecule has 1 N–H and O–H groups in total. The molecule has 27 heavy (non-hydrogen) atoms. The molecule has 1 aromatic heterocycles. The van der Waals surface area contributed by atoms with Crippen molar-refractivity contribution in [3.05, 3.63) is 41.7 Å². The van der Waals surface area contributed by atoms with Crippen LogP contribution in [-0.4, -0.2) is 42.1 Å². The summed E-state index contributed by atoms with van der Waals surface area (Å²) in [5.41, 5.74) is 2.21. The van der Waals surface area contributed by atoms with Gasteiger partial charge in [0.05, 0.1) is 0 Å². The normalized spacial score (nSPS) is 18.9. The molecule has 2 fully saturated rings. The van der Waals surface area contributed by atoms with Crippen LogP contribution in [-0.2, 0) is 0 Å². The summed E-state index contributed by atoms with van der Waals surface area (Å²) in [4.78, 5) is 15.2. The molecule has 0 spiro atoms. The van der Waals surface area contributed by atoms with Gasteiger partial charge in [-0.15, -0.1) is 12.4 Å². The summed E-state index contributed by atoms with van der Waals surface area (Å²) in [6.45, 7) is 5.79. The molecule has 0 atom stereocenters. The van der Waals surface area contributed by atoms with Crippen LogP contribution in [0.25, 0.3) is 11.3 Å². The lowest BCUT2D eigenvalue weighted by Crippen LogP contribution is -2.42. The van der Waals surface area contributed by atoms with Gasteiger partial charge in [-0.05, 0) is 57.5 Å². The highest BCUT2D eigenvalue weighted by atomic mass is 35.5. The van der Waals surface area contributed by atoms with Crippen LogP contribution >= 0.6 is 12.4 Å². The highest BCUT2D eigenvalue weighted by molar-refractivity contribution is 6.00. The minimum Gasteiger partial charge on any atom is -0.360 e. The van der Waals surface area contributed by atoms with E-state index in [1.54, 1.807) is 0 Å². The fourth-order valence-corrected chi connectivity index (χ4v) is 4.46. The Morgan fingerprint density at radius 1 is 1.07 bits per heavy atom. The van der Waals surface area contributed by atoms with Crippen molar-refractivity contribution in [2.45, 2.75) is 32.6 Å². The maximum absolute atomic E-state index is 13.2. The van der Waals surface area contributed by atoms with Crippen LogP contribution in [0.2, 0.25) is 0 Å². The summed E-state index contributed by atoms with van der Waals surface area (Å²) in [7, 11) is 0. The summed E-state index contributed by atoms with van der Waals surface area (Å²) < 4.78 is 5.37. The highest BCUT2D eigenvalue weighted by Crippen LogP contribution is 2.32. The number of rotatable bonds is 3. The number of likely N-dealkylation sites (tertiary alicyclic amines) is 1. The van der Waals surface area contributed by atoms with Gasteiger partial charge in [0, 0.05) is 18.7 Å². The lowest BCUT2D eigenvalue weighted by atomic mass is 9.79. The molecule has 4 rings (SSSR count). The second-order valence-corrected chi connectivity index (χ2v) is 7.55. The molecule has 0 saturated carbocycles. The van der Waals surface area contributed by atoms with E-state index in [2.05, 4.69) is 10.5 Å². The first-order chi connectivity index (χ1) is 12.7. The Labute approximate surface area is 166 Å². The minimum absolute atomic E-state index is 0. The number of hydrogen-bond donors (Lipinski definition) is 1. The van der Waals surface area contributed by atoms with E-state index < -0.39 is 0 Å². The van der Waals surface area contributed by atoms with Gasteiger partial charge in [0.15, 0.2) is 0 Å². The first-order valence-electron chi connectivity index (χ1n) is 9.75. The molecule has 0 bridgehead atoms.